The van der Waals surface area contributed by atoms with Crippen LogP contribution in [0.25, 0.3) is 0 Å². The fraction of sp³-hybridized carbons (Fsp3) is 0.867. The molecule has 0 rings (SSSR count). The summed E-state index contributed by atoms with van der Waals surface area (Å²) in [7, 11) is 1.78. The Morgan fingerprint density at radius 1 is 0.406 bits per heavy atom. The van der Waals surface area contributed by atoms with Gasteiger partial charge >= 0.3 is 0 Å². The first-order valence-corrected chi connectivity index (χ1v) is 13.9. The molecular formula is C30H54O2. The highest BCUT2D eigenvalue weighted by Crippen LogP contribution is 2.10. The highest BCUT2D eigenvalue weighted by molar-refractivity contribution is 4.99. The minimum atomic E-state index is 0.345. The summed E-state index contributed by atoms with van der Waals surface area (Å²) in [6.07, 6.45) is 28.7. The van der Waals surface area contributed by atoms with E-state index in [1.807, 2.05) is 0 Å². The lowest BCUT2D eigenvalue weighted by Gasteiger charge is -2.00. The summed E-state index contributed by atoms with van der Waals surface area (Å²) in [5.41, 5.74) is 0. The van der Waals surface area contributed by atoms with Crippen molar-refractivity contribution < 1.29 is 9.84 Å². The maximum absolute atomic E-state index is 8.74. The second-order valence-electron chi connectivity index (χ2n) is 9.14. The third kappa shape index (κ3) is 29.0. The average Bonchev–Trinajstić information content (AvgIpc) is 2.81. The molecule has 0 unspecified atom stereocenters. The molecule has 0 spiro atoms. The van der Waals surface area contributed by atoms with Crippen LogP contribution in [-0.2, 0) is 4.74 Å². The monoisotopic (exact) mass is 446 g/mol. The summed E-state index contributed by atoms with van der Waals surface area (Å²) in [6, 6.07) is 0. The van der Waals surface area contributed by atoms with Crippen molar-refractivity contribution >= 4 is 0 Å². The van der Waals surface area contributed by atoms with Gasteiger partial charge in [-0.05, 0) is 38.5 Å². The number of hydrogen-bond donors (Lipinski definition) is 1. The van der Waals surface area contributed by atoms with Crippen LogP contribution in [-0.4, -0.2) is 25.4 Å². The molecule has 186 valence electrons. The van der Waals surface area contributed by atoms with Crippen molar-refractivity contribution in [1.82, 2.24) is 0 Å². The van der Waals surface area contributed by atoms with Crippen LogP contribution in [0, 0.1) is 23.7 Å². The Kier molecular flexibility index (Phi) is 29.1. The van der Waals surface area contributed by atoms with Crippen LogP contribution in [0.5, 0.6) is 0 Å². The molecule has 0 saturated carbocycles. The molecule has 0 aromatic heterocycles. The zero-order valence-electron chi connectivity index (χ0n) is 21.5. The molecular weight excluding hydrogens is 392 g/mol. The first-order valence-electron chi connectivity index (χ1n) is 13.9. The Balaban J connectivity index is 3.16. The van der Waals surface area contributed by atoms with Crippen molar-refractivity contribution in [2.75, 3.05) is 20.3 Å². The van der Waals surface area contributed by atoms with Gasteiger partial charge in [-0.15, -0.1) is 23.7 Å². The van der Waals surface area contributed by atoms with Gasteiger partial charge in [-0.25, -0.2) is 0 Å². The molecule has 0 heterocycles. The van der Waals surface area contributed by atoms with Gasteiger partial charge in [0, 0.05) is 46.0 Å². The molecule has 2 heteroatoms. The van der Waals surface area contributed by atoms with Gasteiger partial charge in [0.05, 0.1) is 0 Å². The van der Waals surface area contributed by atoms with E-state index in [4.69, 9.17) is 9.84 Å². The summed E-state index contributed by atoms with van der Waals surface area (Å²) in [6.45, 7) is 1.26. The molecule has 0 aliphatic rings. The average molecular weight is 447 g/mol. The maximum Gasteiger partial charge on any atom is 0.0462 e. The Bertz CT molecular complexity index is 463. The fourth-order valence-electron chi connectivity index (χ4n) is 3.86. The molecule has 0 aliphatic carbocycles. The topological polar surface area (TPSA) is 29.5 Å². The van der Waals surface area contributed by atoms with Crippen LogP contribution in [0.1, 0.15) is 148 Å². The third-order valence-corrected chi connectivity index (χ3v) is 5.96. The smallest absolute Gasteiger partial charge is 0.0462 e. The molecule has 0 atom stereocenters. The Hall–Kier alpha value is -0.960. The van der Waals surface area contributed by atoms with Crippen molar-refractivity contribution in [3.63, 3.8) is 0 Å². The van der Waals surface area contributed by atoms with Crippen molar-refractivity contribution in [3.8, 4) is 23.7 Å². The highest BCUT2D eigenvalue weighted by Gasteiger charge is 1.93. The molecule has 0 fully saturated rings. The molecule has 0 aromatic carbocycles. The summed E-state index contributed by atoms with van der Waals surface area (Å²) < 4.78 is 5.07. The van der Waals surface area contributed by atoms with Gasteiger partial charge in [0.1, 0.15) is 0 Å². The largest absolute Gasteiger partial charge is 0.396 e. The van der Waals surface area contributed by atoms with E-state index in [2.05, 4.69) is 23.7 Å². The number of aliphatic hydroxyl groups excluding tert-OH is 1. The minimum Gasteiger partial charge on any atom is -0.396 e. The zero-order valence-corrected chi connectivity index (χ0v) is 21.5. The van der Waals surface area contributed by atoms with Crippen molar-refractivity contribution in [2.45, 2.75) is 148 Å². The number of aliphatic hydroxyl groups is 1. The predicted octanol–water partition coefficient (Wildman–Crippen LogP) is 8.60. The van der Waals surface area contributed by atoms with Gasteiger partial charge in [0.15, 0.2) is 0 Å². The number of rotatable bonds is 23. The fourth-order valence-corrected chi connectivity index (χ4v) is 3.86. The van der Waals surface area contributed by atoms with E-state index < -0.39 is 0 Å². The van der Waals surface area contributed by atoms with Crippen LogP contribution in [0.3, 0.4) is 0 Å². The van der Waals surface area contributed by atoms with Crippen molar-refractivity contribution in [1.29, 1.82) is 0 Å². The number of ether oxygens (including phenoxy) is 1. The first-order chi connectivity index (χ1) is 15.9. The lowest BCUT2D eigenvalue weighted by molar-refractivity contribution is 0.192. The van der Waals surface area contributed by atoms with E-state index in [1.54, 1.807) is 7.11 Å². The van der Waals surface area contributed by atoms with Crippen LogP contribution >= 0.6 is 0 Å². The second kappa shape index (κ2) is 30.0. The molecule has 0 amide bonds. The van der Waals surface area contributed by atoms with E-state index in [9.17, 15) is 0 Å². The van der Waals surface area contributed by atoms with E-state index in [1.165, 1.54) is 116 Å². The lowest BCUT2D eigenvalue weighted by Crippen LogP contribution is -1.88. The molecule has 0 saturated heterocycles. The van der Waals surface area contributed by atoms with Gasteiger partial charge in [0.25, 0.3) is 0 Å². The van der Waals surface area contributed by atoms with Crippen LogP contribution in [0.15, 0.2) is 0 Å². The lowest BCUT2D eigenvalue weighted by atomic mass is 10.1. The van der Waals surface area contributed by atoms with Gasteiger partial charge < -0.3 is 9.84 Å². The van der Waals surface area contributed by atoms with E-state index in [0.717, 1.165) is 38.7 Å². The van der Waals surface area contributed by atoms with Gasteiger partial charge in [-0.3, -0.25) is 0 Å². The number of hydrogen-bond acceptors (Lipinski definition) is 2. The first kappa shape index (κ1) is 31.0. The molecule has 32 heavy (non-hydrogen) atoms. The minimum absolute atomic E-state index is 0.345. The van der Waals surface area contributed by atoms with Gasteiger partial charge in [-0.1, -0.05) is 83.5 Å². The zero-order chi connectivity index (χ0) is 23.2. The van der Waals surface area contributed by atoms with Gasteiger partial charge in [-0.2, -0.15) is 0 Å². The standard InChI is InChI=1S/C30H54O2/c1-32-30-28-26-24-22-20-18-16-14-12-10-8-6-4-2-3-5-7-9-11-13-15-17-19-21-23-25-27-29-31/h31H,2-10,15-30H2,1H3. The van der Waals surface area contributed by atoms with Crippen LogP contribution in [0.2, 0.25) is 0 Å². The Morgan fingerprint density at radius 3 is 1.00 bits per heavy atom. The summed E-state index contributed by atoms with van der Waals surface area (Å²) >= 11 is 0. The Labute approximate surface area is 201 Å². The number of methoxy groups -OCH3 is 1. The molecule has 2 nitrogen and oxygen atoms in total. The second-order valence-corrected chi connectivity index (χ2v) is 9.14. The summed E-state index contributed by atoms with van der Waals surface area (Å²) in [5, 5.41) is 8.74. The quantitative estimate of drug-likeness (QED) is 0.126. The molecule has 0 bridgehead atoms. The number of unbranched alkanes of at least 4 members (excludes halogenated alkanes) is 20. The highest BCUT2D eigenvalue weighted by atomic mass is 16.5. The predicted molar refractivity (Wildman–Crippen MR) is 141 cm³/mol. The molecule has 0 aromatic rings. The molecule has 1 N–H and O–H groups in total. The third-order valence-electron chi connectivity index (χ3n) is 5.96. The van der Waals surface area contributed by atoms with Crippen molar-refractivity contribution in [3.05, 3.63) is 0 Å². The van der Waals surface area contributed by atoms with Crippen molar-refractivity contribution in [2.24, 2.45) is 0 Å². The van der Waals surface area contributed by atoms with Gasteiger partial charge in [0.2, 0.25) is 0 Å². The van der Waals surface area contributed by atoms with E-state index in [0.29, 0.717) is 6.61 Å². The summed E-state index contributed by atoms with van der Waals surface area (Å²) in [4.78, 5) is 0. The normalized spacial score (nSPS) is 10.4. The molecule has 0 radical (unpaired) electrons. The maximum atomic E-state index is 8.74. The molecule has 0 aliphatic heterocycles. The SMILES string of the molecule is COCCCCCCCCC#CCCCCCCCCCC#CCCCCCCCCO. The van der Waals surface area contributed by atoms with E-state index in [-0.39, 0.29) is 0 Å². The summed E-state index contributed by atoms with van der Waals surface area (Å²) in [5.74, 6) is 13.4. The Morgan fingerprint density at radius 2 is 0.688 bits per heavy atom. The van der Waals surface area contributed by atoms with Crippen LogP contribution in [0.4, 0.5) is 0 Å². The van der Waals surface area contributed by atoms with Crippen LogP contribution < -0.4 is 0 Å². The van der Waals surface area contributed by atoms with E-state index >= 15 is 0 Å².